The molecule has 2 fully saturated rings. The molecule has 0 radical (unpaired) electrons. The highest BCUT2D eigenvalue weighted by molar-refractivity contribution is 6.25. The number of piperidine rings is 1. The van der Waals surface area contributed by atoms with Gasteiger partial charge in [-0.3, -0.25) is 48.3 Å². The van der Waals surface area contributed by atoms with Crippen LogP contribution in [-0.4, -0.2) is 79.8 Å². The highest BCUT2D eigenvalue weighted by atomic mass is 16.2. The zero-order valence-electron chi connectivity index (χ0n) is 32.1. The molecule has 1 atom stereocenters. The lowest BCUT2D eigenvalue weighted by Crippen LogP contribution is -2.54. The molecule has 10 rings (SSSR count). The Morgan fingerprint density at radius 2 is 1.75 bits per heavy atom. The molecule has 1 aliphatic carbocycles. The molecule has 4 aliphatic rings. The maximum atomic E-state index is 13.4. The molecule has 2 N–H and O–H groups in total. The highest BCUT2D eigenvalue weighted by Crippen LogP contribution is 2.52. The minimum absolute atomic E-state index is 0.0542. The van der Waals surface area contributed by atoms with Crippen molar-refractivity contribution in [2.45, 2.75) is 63.7 Å². The first kappa shape index (κ1) is 35.8. The topological polar surface area (TPSA) is 187 Å². The van der Waals surface area contributed by atoms with Crippen LogP contribution in [0.1, 0.15) is 86.9 Å². The van der Waals surface area contributed by atoms with Crippen LogP contribution < -0.4 is 10.6 Å². The largest absolute Gasteiger partial charge is 0.379 e. The molecule has 1 saturated carbocycles. The number of aromatic nitrogens is 8. The molecule has 4 amide bonds. The molecule has 6 aromatic rings. The van der Waals surface area contributed by atoms with Crippen LogP contribution in [0.5, 0.6) is 0 Å². The molecule has 3 aromatic carbocycles. The minimum atomic E-state index is -1.04. The number of amides is 4. The lowest BCUT2D eigenvalue weighted by atomic mass is 9.96. The predicted molar refractivity (Wildman–Crippen MR) is 213 cm³/mol. The summed E-state index contributed by atoms with van der Waals surface area (Å²) >= 11 is 0. The number of benzene rings is 3. The zero-order chi connectivity index (χ0) is 40.4. The van der Waals surface area contributed by atoms with Gasteiger partial charge in [-0.25, -0.2) is 0 Å². The van der Waals surface area contributed by atoms with Gasteiger partial charge in [0.25, 0.3) is 11.8 Å². The smallest absolute Gasteiger partial charge is 0.264 e. The molecule has 1 unspecified atom stereocenters. The normalized spacial score (nSPS) is 17.4. The Kier molecular flexibility index (Phi) is 8.40. The van der Waals surface area contributed by atoms with Crippen LogP contribution in [0.3, 0.4) is 0 Å². The van der Waals surface area contributed by atoms with Gasteiger partial charge in [-0.1, -0.05) is 41.3 Å². The number of carbonyl (C=O) groups excluding carboxylic acids is 4. The van der Waals surface area contributed by atoms with E-state index in [1.54, 1.807) is 33.8 Å². The van der Waals surface area contributed by atoms with Crippen molar-refractivity contribution < 1.29 is 19.2 Å². The molecule has 0 bridgehead atoms. The van der Waals surface area contributed by atoms with Crippen LogP contribution in [0.25, 0.3) is 16.8 Å². The van der Waals surface area contributed by atoms with Crippen molar-refractivity contribution in [1.82, 2.24) is 49.8 Å². The van der Waals surface area contributed by atoms with Gasteiger partial charge in [0, 0.05) is 54.0 Å². The van der Waals surface area contributed by atoms with E-state index in [-0.39, 0.29) is 30.5 Å². The Hall–Kier alpha value is -7.54. The van der Waals surface area contributed by atoms with Crippen molar-refractivity contribution in [1.29, 1.82) is 0 Å². The summed E-state index contributed by atoms with van der Waals surface area (Å²) in [6.07, 6.45) is 8.18. The standard InChI is InChI=1S/C43H36N12O4/c1-25-48-50-42-43(17-18-43)47-38(32-20-28(13-14-34(32)54(25)42)29-21-45-52(2)23-29)27-11-9-26(10-12-27)6-3-4-19-53-24-30(49-51-53)22-44-33-8-5-7-31-37(33)41(59)55(40(31)58)35-15-16-36(56)46-39(35)57/h5,7-14,20-21,23-24,35,44H,4,15-19,22H2,1-2H3,(H,46,56,57). The first-order valence-electron chi connectivity index (χ1n) is 19.4. The van der Waals surface area contributed by atoms with Crippen LogP contribution in [0, 0.1) is 18.8 Å². The summed E-state index contributed by atoms with van der Waals surface area (Å²) in [5.74, 6) is 6.02. The lowest BCUT2D eigenvalue weighted by Gasteiger charge is -2.27. The third-order valence-corrected chi connectivity index (χ3v) is 11.2. The summed E-state index contributed by atoms with van der Waals surface area (Å²) in [6.45, 7) is 2.75. The molecule has 3 aliphatic heterocycles. The van der Waals surface area contributed by atoms with E-state index in [0.717, 1.165) is 68.6 Å². The average molecular weight is 785 g/mol. The first-order valence-corrected chi connectivity index (χ1v) is 19.4. The number of aryl methyl sites for hydroxylation is 3. The molecule has 1 spiro atoms. The molecular formula is C43H36N12O4. The molecule has 16 heteroatoms. The minimum Gasteiger partial charge on any atom is -0.379 e. The number of fused-ring (bicyclic) bond motifs is 5. The Labute approximate surface area is 337 Å². The number of nitrogens with zero attached hydrogens (tertiary/aromatic N) is 10. The van der Waals surface area contributed by atoms with Crippen LogP contribution in [0.2, 0.25) is 0 Å². The van der Waals surface area contributed by atoms with Gasteiger partial charge < -0.3 is 5.32 Å². The Bertz CT molecular complexity index is 2850. The van der Waals surface area contributed by atoms with Crippen molar-refractivity contribution in [3.05, 3.63) is 124 Å². The monoisotopic (exact) mass is 784 g/mol. The molecule has 3 aromatic heterocycles. The number of anilines is 1. The molecular weight excluding hydrogens is 749 g/mol. The highest BCUT2D eigenvalue weighted by Gasteiger charge is 2.51. The third kappa shape index (κ3) is 6.27. The summed E-state index contributed by atoms with van der Waals surface area (Å²) in [6, 6.07) is 18.5. The molecule has 16 nitrogen and oxygen atoms in total. The third-order valence-electron chi connectivity index (χ3n) is 11.2. The van der Waals surface area contributed by atoms with Gasteiger partial charge in [0.1, 0.15) is 23.1 Å². The summed E-state index contributed by atoms with van der Waals surface area (Å²) in [5, 5.41) is 27.3. The van der Waals surface area contributed by atoms with Crippen molar-refractivity contribution in [3.8, 4) is 28.7 Å². The van der Waals surface area contributed by atoms with Crippen molar-refractivity contribution in [2.75, 3.05) is 5.32 Å². The van der Waals surface area contributed by atoms with Crippen LogP contribution >= 0.6 is 0 Å². The zero-order valence-corrected chi connectivity index (χ0v) is 32.1. The van der Waals surface area contributed by atoms with E-state index < -0.39 is 35.2 Å². The van der Waals surface area contributed by atoms with Gasteiger partial charge in [-0.15, -0.1) is 15.3 Å². The van der Waals surface area contributed by atoms with Gasteiger partial charge in [0.2, 0.25) is 11.8 Å². The number of hydrogen-bond acceptors (Lipinski definition) is 11. The van der Waals surface area contributed by atoms with Gasteiger partial charge in [0.05, 0.1) is 48.0 Å². The van der Waals surface area contributed by atoms with E-state index in [2.05, 4.69) is 83.0 Å². The number of imide groups is 2. The van der Waals surface area contributed by atoms with Crippen molar-refractivity contribution >= 4 is 35.0 Å². The van der Waals surface area contributed by atoms with E-state index in [0.29, 0.717) is 24.3 Å². The molecule has 59 heavy (non-hydrogen) atoms. The quantitative estimate of drug-likeness (QED) is 0.170. The molecule has 1 saturated heterocycles. The fourth-order valence-corrected chi connectivity index (χ4v) is 8.04. The van der Waals surface area contributed by atoms with Crippen LogP contribution in [0.4, 0.5) is 5.69 Å². The second kappa shape index (κ2) is 13.8. The summed E-state index contributed by atoms with van der Waals surface area (Å²) in [5.41, 5.74) is 7.93. The predicted octanol–water partition coefficient (Wildman–Crippen LogP) is 3.86. The summed E-state index contributed by atoms with van der Waals surface area (Å²) in [7, 11) is 1.91. The number of rotatable bonds is 8. The lowest BCUT2D eigenvalue weighted by molar-refractivity contribution is -0.136. The van der Waals surface area contributed by atoms with E-state index in [1.165, 1.54) is 0 Å². The number of nitrogens with one attached hydrogen (secondary N) is 2. The Balaban J connectivity index is 0.808. The first-order chi connectivity index (χ1) is 28.7. The van der Waals surface area contributed by atoms with Gasteiger partial charge in [0.15, 0.2) is 5.82 Å². The van der Waals surface area contributed by atoms with E-state index >= 15 is 0 Å². The van der Waals surface area contributed by atoms with Crippen molar-refractivity contribution in [3.63, 3.8) is 0 Å². The number of hydrogen-bond donors (Lipinski definition) is 2. The van der Waals surface area contributed by atoms with E-state index in [9.17, 15) is 19.2 Å². The number of carbonyl (C=O) groups is 4. The van der Waals surface area contributed by atoms with E-state index in [1.807, 2.05) is 38.5 Å². The average Bonchev–Trinajstić information content (AvgIpc) is 3.49. The molecule has 6 heterocycles. The van der Waals surface area contributed by atoms with Crippen LogP contribution in [-0.2, 0) is 35.3 Å². The Morgan fingerprint density at radius 1 is 0.915 bits per heavy atom. The second-order valence-electron chi connectivity index (χ2n) is 15.2. The van der Waals surface area contributed by atoms with Crippen LogP contribution in [0.15, 0.2) is 84.2 Å². The van der Waals surface area contributed by atoms with Crippen molar-refractivity contribution in [2.24, 2.45) is 12.0 Å². The Morgan fingerprint density at radius 3 is 2.53 bits per heavy atom. The second-order valence-corrected chi connectivity index (χ2v) is 15.2. The summed E-state index contributed by atoms with van der Waals surface area (Å²) < 4.78 is 5.66. The fraction of sp³-hybridized carbons (Fsp3) is 0.256. The van der Waals surface area contributed by atoms with Gasteiger partial charge >= 0.3 is 0 Å². The van der Waals surface area contributed by atoms with Gasteiger partial charge in [-0.05, 0) is 68.1 Å². The van der Waals surface area contributed by atoms with E-state index in [4.69, 9.17) is 4.99 Å². The summed E-state index contributed by atoms with van der Waals surface area (Å²) in [4.78, 5) is 57.1. The maximum Gasteiger partial charge on any atom is 0.264 e. The SMILES string of the molecule is Cc1nnc2n1-c1ccc(-c3cnn(C)c3)cc1C(c1ccc(C#CCCn3cc(CNc4cccc5c4C(=O)N(C4CCC(=O)NC4=O)C5=O)nn3)cc1)=NC21CC1. The number of aliphatic imine (C=N–C) groups is 1. The van der Waals surface area contributed by atoms with Gasteiger partial charge in [-0.2, -0.15) is 5.10 Å². The fourth-order valence-electron chi connectivity index (χ4n) is 8.04. The maximum absolute atomic E-state index is 13.4. The molecule has 292 valence electrons.